The number of nitrogens with two attached hydrogens (primary N) is 1. The molecule has 0 bridgehead atoms. The van der Waals surface area contributed by atoms with Crippen LogP contribution in [0.3, 0.4) is 0 Å². The van der Waals surface area contributed by atoms with Gasteiger partial charge in [0.2, 0.25) is 0 Å². The van der Waals surface area contributed by atoms with Crippen molar-refractivity contribution in [1.29, 1.82) is 0 Å². The quantitative estimate of drug-likeness (QED) is 0.690. The summed E-state index contributed by atoms with van der Waals surface area (Å²) in [5.74, 6) is 0.249. The maximum Gasteiger partial charge on any atom is 0.305 e. The second-order valence-electron chi connectivity index (χ2n) is 4.66. The van der Waals surface area contributed by atoms with Crippen molar-refractivity contribution in [1.82, 2.24) is 19.5 Å². The number of nitrogens with zero attached hydrogens (tertiary/aromatic N) is 4. The molecule has 0 radical (unpaired) electrons. The van der Waals surface area contributed by atoms with Crippen LogP contribution in [-0.4, -0.2) is 53.8 Å². The molecule has 2 aromatic rings. The van der Waals surface area contributed by atoms with E-state index in [1.165, 1.54) is 12.7 Å². The fourth-order valence-corrected chi connectivity index (χ4v) is 3.40. The number of hydrogen-bond acceptors (Lipinski definition) is 9. The van der Waals surface area contributed by atoms with Crippen molar-refractivity contribution in [2.75, 3.05) is 12.3 Å². The Morgan fingerprint density at radius 3 is 2.95 bits per heavy atom. The van der Waals surface area contributed by atoms with E-state index in [1.807, 2.05) is 0 Å². The van der Waals surface area contributed by atoms with Gasteiger partial charge in [-0.05, 0) is 0 Å². The van der Waals surface area contributed by atoms with Gasteiger partial charge in [-0.25, -0.2) is 15.0 Å². The molecular formula is C10H11N5O5S. The summed E-state index contributed by atoms with van der Waals surface area (Å²) in [7, 11) is 0. The molecule has 3 N–H and O–H groups in total. The smallest absolute Gasteiger partial charge is 0.305 e. The molecule has 0 aromatic carbocycles. The predicted molar refractivity (Wildman–Crippen MR) is 68.6 cm³/mol. The van der Waals surface area contributed by atoms with Crippen molar-refractivity contribution >= 4 is 28.3 Å². The van der Waals surface area contributed by atoms with Crippen LogP contribution in [-0.2, 0) is 24.5 Å². The molecule has 0 amide bonds. The molecule has 2 saturated heterocycles. The predicted octanol–water partition coefficient (Wildman–Crippen LogP) is -1.34. The number of anilines is 1. The molecule has 0 spiro atoms. The largest absolute Gasteiger partial charge is 0.394 e. The minimum Gasteiger partial charge on any atom is -0.394 e. The number of ether oxygens (including phenoxy) is 1. The van der Waals surface area contributed by atoms with E-state index in [4.69, 9.17) is 18.8 Å². The van der Waals surface area contributed by atoms with Crippen LogP contribution in [0.1, 0.15) is 6.23 Å². The highest BCUT2D eigenvalue weighted by Gasteiger charge is 2.53. The van der Waals surface area contributed by atoms with Gasteiger partial charge in [0.05, 0.1) is 12.9 Å². The topological polar surface area (TPSA) is 135 Å². The number of nitrogen functional groups attached to an aromatic ring is 1. The molecule has 112 valence electrons. The van der Waals surface area contributed by atoms with E-state index in [1.54, 1.807) is 4.57 Å². The van der Waals surface area contributed by atoms with E-state index < -0.39 is 35.9 Å². The van der Waals surface area contributed by atoms with E-state index >= 15 is 0 Å². The third-order valence-electron chi connectivity index (χ3n) is 3.51. The Hall–Kier alpha value is -1.66. The third kappa shape index (κ3) is 1.86. The molecule has 2 aliphatic heterocycles. The highest BCUT2D eigenvalue weighted by Crippen LogP contribution is 2.39. The molecule has 2 aromatic heterocycles. The van der Waals surface area contributed by atoms with Crippen LogP contribution >= 0.6 is 0 Å². The van der Waals surface area contributed by atoms with Crippen molar-refractivity contribution in [3.63, 3.8) is 0 Å². The molecule has 4 rings (SSSR count). The van der Waals surface area contributed by atoms with Crippen LogP contribution in [0.25, 0.3) is 11.2 Å². The minimum absolute atomic E-state index is 0.249. The number of aromatic nitrogens is 4. The lowest BCUT2D eigenvalue weighted by Crippen LogP contribution is -2.30. The number of aliphatic hydroxyl groups is 1. The SMILES string of the molecule is Nc1ncnc2c1ncn2[C@@H]1O[C@H](CO)C2OS(=O)O[C@@H]21. The summed E-state index contributed by atoms with van der Waals surface area (Å²) >= 11 is -1.86. The van der Waals surface area contributed by atoms with Crippen LogP contribution in [0.5, 0.6) is 0 Å². The second kappa shape index (κ2) is 4.68. The van der Waals surface area contributed by atoms with E-state index in [2.05, 4.69) is 15.0 Å². The van der Waals surface area contributed by atoms with Gasteiger partial charge >= 0.3 is 11.4 Å². The number of imidazole rings is 1. The molecule has 0 aliphatic carbocycles. The average molecular weight is 313 g/mol. The monoisotopic (exact) mass is 313 g/mol. The first-order valence-electron chi connectivity index (χ1n) is 6.14. The number of fused-ring (bicyclic) bond motifs is 2. The zero-order valence-corrected chi connectivity index (χ0v) is 11.3. The fraction of sp³-hybridized carbons (Fsp3) is 0.500. The van der Waals surface area contributed by atoms with Gasteiger partial charge in [0, 0.05) is 0 Å². The van der Waals surface area contributed by atoms with Gasteiger partial charge in [0.25, 0.3) is 0 Å². The Kier molecular flexibility index (Phi) is 2.90. The van der Waals surface area contributed by atoms with Crippen LogP contribution in [0, 0.1) is 0 Å². The fourth-order valence-electron chi connectivity index (χ4n) is 2.56. The highest BCUT2D eigenvalue weighted by molar-refractivity contribution is 7.75. The summed E-state index contributed by atoms with van der Waals surface area (Å²) in [6.07, 6.45) is 0.257. The molecule has 0 saturated carbocycles. The first-order chi connectivity index (χ1) is 10.2. The van der Waals surface area contributed by atoms with Gasteiger partial charge in [-0.3, -0.25) is 12.9 Å². The number of hydrogen-bond donors (Lipinski definition) is 2. The molecule has 21 heavy (non-hydrogen) atoms. The summed E-state index contributed by atoms with van der Waals surface area (Å²) in [6, 6.07) is 0. The molecule has 5 atom stereocenters. The summed E-state index contributed by atoms with van der Waals surface area (Å²) in [5.41, 5.74) is 6.64. The van der Waals surface area contributed by atoms with Crippen molar-refractivity contribution in [2.45, 2.75) is 24.5 Å². The zero-order chi connectivity index (χ0) is 14.6. The summed E-state index contributed by atoms with van der Waals surface area (Å²) in [5, 5.41) is 9.34. The van der Waals surface area contributed by atoms with Crippen LogP contribution in [0.2, 0.25) is 0 Å². The normalized spacial score (nSPS) is 35.4. The lowest BCUT2D eigenvalue weighted by molar-refractivity contribution is -0.0525. The van der Waals surface area contributed by atoms with Crippen molar-refractivity contribution in [3.8, 4) is 0 Å². The molecule has 10 nitrogen and oxygen atoms in total. The lowest BCUT2D eigenvalue weighted by atomic mass is 10.1. The average Bonchev–Trinajstić information content (AvgIpc) is 3.12. The third-order valence-corrected chi connectivity index (χ3v) is 4.26. The molecule has 2 aliphatic rings. The maximum absolute atomic E-state index is 11.4. The Bertz CT molecular complexity index is 723. The van der Waals surface area contributed by atoms with Crippen LogP contribution in [0.4, 0.5) is 5.82 Å². The molecule has 2 fully saturated rings. The molecule has 11 heteroatoms. The zero-order valence-electron chi connectivity index (χ0n) is 10.5. The first kappa shape index (κ1) is 13.0. The van der Waals surface area contributed by atoms with Crippen LogP contribution < -0.4 is 5.73 Å². The van der Waals surface area contributed by atoms with Crippen molar-refractivity contribution in [2.24, 2.45) is 0 Å². The van der Waals surface area contributed by atoms with Gasteiger partial charge in [-0.15, -0.1) is 0 Å². The number of rotatable bonds is 2. The van der Waals surface area contributed by atoms with Gasteiger partial charge < -0.3 is 15.6 Å². The molecular weight excluding hydrogens is 302 g/mol. The Labute approximate surface area is 120 Å². The Balaban J connectivity index is 1.78. The summed E-state index contributed by atoms with van der Waals surface area (Å²) < 4.78 is 29.1. The Morgan fingerprint density at radius 2 is 2.14 bits per heavy atom. The van der Waals surface area contributed by atoms with E-state index in [-0.39, 0.29) is 12.4 Å². The number of aliphatic hydroxyl groups excluding tert-OH is 1. The van der Waals surface area contributed by atoms with E-state index in [0.29, 0.717) is 11.2 Å². The van der Waals surface area contributed by atoms with Gasteiger partial charge in [0.1, 0.15) is 24.1 Å². The minimum atomic E-state index is -1.86. The van der Waals surface area contributed by atoms with E-state index in [9.17, 15) is 9.32 Å². The highest BCUT2D eigenvalue weighted by atomic mass is 32.2. The van der Waals surface area contributed by atoms with Crippen molar-refractivity contribution in [3.05, 3.63) is 12.7 Å². The Morgan fingerprint density at radius 1 is 1.33 bits per heavy atom. The summed E-state index contributed by atoms with van der Waals surface area (Å²) in [6.45, 7) is -0.276. The van der Waals surface area contributed by atoms with Gasteiger partial charge in [0.15, 0.2) is 23.8 Å². The van der Waals surface area contributed by atoms with Crippen molar-refractivity contribution < 1.29 is 22.4 Å². The maximum atomic E-state index is 11.4. The van der Waals surface area contributed by atoms with Gasteiger partial charge in [-0.1, -0.05) is 0 Å². The summed E-state index contributed by atoms with van der Waals surface area (Å²) in [4.78, 5) is 12.1. The lowest BCUT2D eigenvalue weighted by Gasteiger charge is -2.17. The standard InChI is InChI=1S/C10H11N5O5S/c11-8-5-9(13-2-12-8)15(3-14-5)10-7-6(4(1-16)18-10)19-21(17)20-7/h2-4,6-7,10,16H,1H2,(H2,11,12,13)/t4-,6?,7+,10-,21?/m1/s1. The van der Waals surface area contributed by atoms with Crippen LogP contribution in [0.15, 0.2) is 12.7 Å². The van der Waals surface area contributed by atoms with E-state index in [0.717, 1.165) is 0 Å². The van der Waals surface area contributed by atoms with Gasteiger partial charge in [-0.2, -0.15) is 4.21 Å². The second-order valence-corrected chi connectivity index (χ2v) is 5.45. The first-order valence-corrected chi connectivity index (χ1v) is 7.14. The molecule has 2 unspecified atom stereocenters. The molecule has 4 heterocycles.